The molecule has 1 aliphatic heterocycles. The van der Waals surface area contributed by atoms with Crippen LogP contribution in [0.5, 0.6) is 0 Å². The van der Waals surface area contributed by atoms with Gasteiger partial charge in [-0.25, -0.2) is 0 Å². The maximum absolute atomic E-state index is 10.3. The molecule has 0 unspecified atom stereocenters. The van der Waals surface area contributed by atoms with Crippen LogP contribution in [-0.4, -0.2) is 23.3 Å². The van der Waals surface area contributed by atoms with Crippen molar-refractivity contribution in [3.05, 3.63) is 60.8 Å². The van der Waals surface area contributed by atoms with E-state index in [2.05, 4.69) is 55.5 Å². The lowest BCUT2D eigenvalue weighted by Gasteiger charge is -1.88. The first kappa shape index (κ1) is 21.2. The van der Waals surface area contributed by atoms with Crippen LogP contribution in [0.4, 0.5) is 0 Å². The average molecular weight is 344 g/mol. The molecular formula is C22H32O3. The molecule has 0 aromatic carbocycles. The maximum atomic E-state index is 10.3. The lowest BCUT2D eigenvalue weighted by Crippen LogP contribution is -1.91. The Bertz CT molecular complexity index is 497. The third kappa shape index (κ3) is 13.1. The maximum Gasteiger partial charge on any atom is 0.303 e. The van der Waals surface area contributed by atoms with Crippen LogP contribution in [0.15, 0.2) is 60.8 Å². The molecule has 1 saturated heterocycles. The van der Waals surface area contributed by atoms with Crippen molar-refractivity contribution in [3.8, 4) is 0 Å². The van der Waals surface area contributed by atoms with Gasteiger partial charge in [-0.3, -0.25) is 4.79 Å². The van der Waals surface area contributed by atoms with Gasteiger partial charge in [-0.15, -0.1) is 0 Å². The summed E-state index contributed by atoms with van der Waals surface area (Å²) in [7, 11) is 0. The number of allylic oxidation sites excluding steroid dienone is 8. The van der Waals surface area contributed by atoms with E-state index < -0.39 is 5.97 Å². The fraction of sp³-hybridized carbons (Fsp3) is 0.500. The summed E-state index contributed by atoms with van der Waals surface area (Å²) in [5.74, 6) is -0.743. The molecule has 0 spiro atoms. The summed E-state index contributed by atoms with van der Waals surface area (Å²) in [6.07, 6.45) is 28.9. The van der Waals surface area contributed by atoms with Gasteiger partial charge in [0.05, 0.1) is 12.2 Å². The van der Waals surface area contributed by atoms with Crippen LogP contribution in [0, 0.1) is 0 Å². The third-order valence-corrected chi connectivity index (χ3v) is 3.83. The minimum absolute atomic E-state index is 0.207. The first-order valence-corrected chi connectivity index (χ1v) is 9.36. The van der Waals surface area contributed by atoms with E-state index in [9.17, 15) is 4.79 Å². The number of aliphatic carboxylic acids is 1. The highest BCUT2D eigenvalue weighted by atomic mass is 16.6. The second-order valence-corrected chi connectivity index (χ2v) is 6.09. The van der Waals surface area contributed by atoms with Crippen LogP contribution >= 0.6 is 0 Å². The molecule has 1 fully saturated rings. The van der Waals surface area contributed by atoms with E-state index in [1.54, 1.807) is 0 Å². The fourth-order valence-corrected chi connectivity index (χ4v) is 2.36. The molecule has 1 aliphatic rings. The molecule has 138 valence electrons. The van der Waals surface area contributed by atoms with Crippen LogP contribution in [-0.2, 0) is 9.53 Å². The van der Waals surface area contributed by atoms with Gasteiger partial charge >= 0.3 is 5.97 Å². The van der Waals surface area contributed by atoms with Crippen molar-refractivity contribution in [2.75, 3.05) is 0 Å². The smallest absolute Gasteiger partial charge is 0.303 e. The Morgan fingerprint density at radius 2 is 1.28 bits per heavy atom. The van der Waals surface area contributed by atoms with Gasteiger partial charge in [0, 0.05) is 6.42 Å². The second-order valence-electron chi connectivity index (χ2n) is 6.09. The van der Waals surface area contributed by atoms with E-state index >= 15 is 0 Å². The topological polar surface area (TPSA) is 49.8 Å². The number of carboxylic acid groups (broad SMARTS) is 1. The van der Waals surface area contributed by atoms with E-state index in [1.807, 2.05) is 12.2 Å². The Hall–Kier alpha value is -1.87. The largest absolute Gasteiger partial charge is 0.481 e. The summed E-state index contributed by atoms with van der Waals surface area (Å²) in [6.45, 7) is 2.15. The van der Waals surface area contributed by atoms with Gasteiger partial charge in [0.2, 0.25) is 0 Å². The first-order chi connectivity index (χ1) is 12.2. The number of carboxylic acids is 1. The Balaban J connectivity index is 1.96. The minimum Gasteiger partial charge on any atom is -0.481 e. The van der Waals surface area contributed by atoms with Crippen molar-refractivity contribution in [1.29, 1.82) is 0 Å². The molecule has 0 bridgehead atoms. The Morgan fingerprint density at radius 1 is 0.800 bits per heavy atom. The molecule has 0 radical (unpaired) electrons. The summed E-state index contributed by atoms with van der Waals surface area (Å²) in [5.41, 5.74) is 0. The van der Waals surface area contributed by atoms with E-state index in [-0.39, 0.29) is 6.42 Å². The van der Waals surface area contributed by atoms with Crippen molar-refractivity contribution in [1.82, 2.24) is 0 Å². The summed E-state index contributed by atoms with van der Waals surface area (Å²) in [5, 5.41) is 8.51. The number of carbonyl (C=O) groups is 1. The molecule has 1 rings (SSSR count). The van der Waals surface area contributed by atoms with Gasteiger partial charge in [-0.1, -0.05) is 67.7 Å². The molecular weight excluding hydrogens is 312 g/mol. The minimum atomic E-state index is -0.743. The molecule has 3 nitrogen and oxygen atoms in total. The van der Waals surface area contributed by atoms with E-state index in [0.29, 0.717) is 18.6 Å². The standard InChI is InChI=1S/C22H32O3/c1-2-3-4-5-11-14-17-20-21(25-20)18-15-12-9-7-6-8-10-13-16-19-22(23)24/h3-4,6-7,10-15,20-21H,2,5,8-9,16-19H2,1H3,(H,23,24)/b4-3-,7-6-,13-10-,14-11-,15-12-/t20-,21-/m1/s1. The van der Waals surface area contributed by atoms with Gasteiger partial charge in [0.1, 0.15) is 0 Å². The normalized spacial score (nSPS) is 20.8. The van der Waals surface area contributed by atoms with Crippen molar-refractivity contribution in [2.24, 2.45) is 0 Å². The van der Waals surface area contributed by atoms with Gasteiger partial charge < -0.3 is 9.84 Å². The van der Waals surface area contributed by atoms with Gasteiger partial charge in [0.15, 0.2) is 0 Å². The number of hydrogen-bond acceptors (Lipinski definition) is 2. The first-order valence-electron chi connectivity index (χ1n) is 9.36. The molecule has 0 saturated carbocycles. The van der Waals surface area contributed by atoms with Crippen LogP contribution in [0.2, 0.25) is 0 Å². The van der Waals surface area contributed by atoms with Crippen molar-refractivity contribution in [2.45, 2.75) is 70.5 Å². The quantitative estimate of drug-likeness (QED) is 0.322. The molecule has 2 atom stereocenters. The van der Waals surface area contributed by atoms with Crippen LogP contribution in [0.25, 0.3) is 0 Å². The Morgan fingerprint density at radius 3 is 1.80 bits per heavy atom. The number of ether oxygens (including phenoxy) is 1. The molecule has 3 heteroatoms. The monoisotopic (exact) mass is 344 g/mol. The predicted molar refractivity (Wildman–Crippen MR) is 105 cm³/mol. The number of epoxide rings is 1. The number of hydrogen-bond donors (Lipinski definition) is 1. The molecule has 0 aliphatic carbocycles. The molecule has 1 N–H and O–H groups in total. The lowest BCUT2D eigenvalue weighted by atomic mass is 10.1. The third-order valence-electron chi connectivity index (χ3n) is 3.83. The molecule has 0 aromatic rings. The van der Waals surface area contributed by atoms with E-state index in [0.717, 1.165) is 38.5 Å². The highest BCUT2D eigenvalue weighted by molar-refractivity contribution is 5.66. The Labute approximate surface area is 152 Å². The molecule has 0 aromatic heterocycles. The van der Waals surface area contributed by atoms with Crippen LogP contribution in [0.1, 0.15) is 58.3 Å². The Kier molecular flexibility index (Phi) is 12.3. The van der Waals surface area contributed by atoms with Crippen molar-refractivity contribution in [3.63, 3.8) is 0 Å². The van der Waals surface area contributed by atoms with Gasteiger partial charge in [-0.2, -0.15) is 0 Å². The summed E-state index contributed by atoms with van der Waals surface area (Å²) in [6, 6.07) is 0. The summed E-state index contributed by atoms with van der Waals surface area (Å²) < 4.78 is 5.65. The SMILES string of the molecule is CC/C=C\C/C=C\C[C@H]1O[C@@H]1C/C=C\C/C=C\C/C=C\CCC(=O)O. The van der Waals surface area contributed by atoms with Crippen LogP contribution < -0.4 is 0 Å². The van der Waals surface area contributed by atoms with Gasteiger partial charge in [-0.05, 0) is 44.9 Å². The van der Waals surface area contributed by atoms with Crippen LogP contribution in [0.3, 0.4) is 0 Å². The fourth-order valence-electron chi connectivity index (χ4n) is 2.36. The highest BCUT2D eigenvalue weighted by Crippen LogP contribution is 2.29. The zero-order valence-electron chi connectivity index (χ0n) is 15.3. The van der Waals surface area contributed by atoms with Gasteiger partial charge in [0.25, 0.3) is 0 Å². The predicted octanol–water partition coefficient (Wildman–Crippen LogP) is 5.76. The van der Waals surface area contributed by atoms with Crippen molar-refractivity contribution >= 4 is 5.97 Å². The molecule has 0 amide bonds. The highest BCUT2D eigenvalue weighted by Gasteiger charge is 2.35. The van der Waals surface area contributed by atoms with E-state index in [1.165, 1.54) is 0 Å². The zero-order valence-corrected chi connectivity index (χ0v) is 15.3. The molecule has 25 heavy (non-hydrogen) atoms. The number of rotatable bonds is 14. The van der Waals surface area contributed by atoms with Crippen molar-refractivity contribution < 1.29 is 14.6 Å². The lowest BCUT2D eigenvalue weighted by molar-refractivity contribution is -0.136. The zero-order chi connectivity index (χ0) is 18.2. The summed E-state index contributed by atoms with van der Waals surface area (Å²) >= 11 is 0. The second kappa shape index (κ2) is 14.5. The summed E-state index contributed by atoms with van der Waals surface area (Å²) in [4.78, 5) is 10.3. The molecule has 1 heterocycles. The average Bonchev–Trinajstić information content (AvgIpc) is 3.34. The van der Waals surface area contributed by atoms with E-state index in [4.69, 9.17) is 9.84 Å².